The van der Waals surface area contributed by atoms with E-state index < -0.39 is 5.41 Å². The molecule has 4 nitrogen and oxygen atoms in total. The van der Waals surface area contributed by atoms with Gasteiger partial charge >= 0.3 is 0 Å². The van der Waals surface area contributed by atoms with Gasteiger partial charge in [0.1, 0.15) is 28.3 Å². The predicted molar refractivity (Wildman–Crippen MR) is 203 cm³/mol. The summed E-state index contributed by atoms with van der Waals surface area (Å²) in [5.41, 5.74) is 14.2. The van der Waals surface area contributed by atoms with Crippen molar-refractivity contribution in [3.05, 3.63) is 192 Å². The molecule has 1 spiro atoms. The molecule has 2 aliphatic rings. The minimum atomic E-state index is -0.505. The van der Waals surface area contributed by atoms with Gasteiger partial charge in [-0.05, 0) is 57.6 Å². The molecule has 0 atom stereocenters. The lowest BCUT2D eigenvalue weighted by atomic mass is 9.66. The zero-order valence-electron chi connectivity index (χ0n) is 27.4. The molecule has 0 fully saturated rings. The third-order valence-corrected chi connectivity index (χ3v) is 10.6. The Labute approximate surface area is 294 Å². The minimum absolute atomic E-state index is 0.505. The van der Waals surface area contributed by atoms with Crippen LogP contribution in [0.1, 0.15) is 22.3 Å². The van der Waals surface area contributed by atoms with Crippen molar-refractivity contribution < 1.29 is 9.15 Å². The second-order valence-corrected chi connectivity index (χ2v) is 13.2. The van der Waals surface area contributed by atoms with Crippen LogP contribution in [0.2, 0.25) is 0 Å². The Morgan fingerprint density at radius 2 is 1.04 bits per heavy atom. The van der Waals surface area contributed by atoms with Gasteiger partial charge in [-0.25, -0.2) is 9.97 Å². The van der Waals surface area contributed by atoms with Gasteiger partial charge < -0.3 is 9.15 Å². The van der Waals surface area contributed by atoms with E-state index in [1.807, 2.05) is 48.5 Å². The maximum absolute atomic E-state index is 6.53. The van der Waals surface area contributed by atoms with Crippen LogP contribution in [-0.2, 0) is 5.41 Å². The van der Waals surface area contributed by atoms with Crippen LogP contribution in [-0.4, -0.2) is 9.97 Å². The van der Waals surface area contributed by atoms with Crippen LogP contribution < -0.4 is 4.74 Å². The molecule has 0 radical (unpaired) electrons. The highest BCUT2D eigenvalue weighted by molar-refractivity contribution is 6.07. The van der Waals surface area contributed by atoms with Crippen LogP contribution in [0.25, 0.3) is 67.0 Å². The fraction of sp³-hybridized carbons (Fsp3) is 0.0213. The van der Waals surface area contributed by atoms with Gasteiger partial charge in [-0.15, -0.1) is 0 Å². The molecule has 4 heteroatoms. The quantitative estimate of drug-likeness (QED) is 0.191. The van der Waals surface area contributed by atoms with E-state index in [0.717, 1.165) is 61.5 Å². The highest BCUT2D eigenvalue weighted by Gasteiger charge is 2.51. The number of aromatic nitrogens is 2. The van der Waals surface area contributed by atoms with Crippen LogP contribution in [0.15, 0.2) is 174 Å². The molecular formula is C47H28N2O2. The van der Waals surface area contributed by atoms with Gasteiger partial charge in [-0.3, -0.25) is 0 Å². The summed E-state index contributed by atoms with van der Waals surface area (Å²) in [5, 5.41) is 0.980. The van der Waals surface area contributed by atoms with Gasteiger partial charge in [0.25, 0.3) is 0 Å². The van der Waals surface area contributed by atoms with Crippen molar-refractivity contribution in [1.29, 1.82) is 0 Å². The summed E-state index contributed by atoms with van der Waals surface area (Å²) < 4.78 is 13.0. The van der Waals surface area contributed by atoms with E-state index in [1.54, 1.807) is 0 Å². The minimum Gasteiger partial charge on any atom is -0.457 e. The van der Waals surface area contributed by atoms with Crippen LogP contribution >= 0.6 is 0 Å². The lowest BCUT2D eigenvalue weighted by Crippen LogP contribution is -2.32. The van der Waals surface area contributed by atoms with Gasteiger partial charge in [0, 0.05) is 27.6 Å². The van der Waals surface area contributed by atoms with E-state index in [9.17, 15) is 0 Å². The molecule has 7 aromatic carbocycles. The Morgan fingerprint density at radius 1 is 0.431 bits per heavy atom. The third kappa shape index (κ3) is 3.90. The van der Waals surface area contributed by atoms with E-state index in [0.29, 0.717) is 11.4 Å². The Morgan fingerprint density at radius 3 is 1.82 bits per heavy atom. The fourth-order valence-corrected chi connectivity index (χ4v) is 8.45. The molecule has 51 heavy (non-hydrogen) atoms. The molecule has 2 aromatic heterocycles. The molecule has 0 bridgehead atoms. The van der Waals surface area contributed by atoms with Crippen LogP contribution in [0.4, 0.5) is 0 Å². The SMILES string of the molecule is c1ccc(-c2nc(-c3ccc(-c4cccc5c4-c4ccccc4C54c5ccccc5Oc5ccccc54)cc3)c3oc4ccccc4c3n2)cc1. The Bertz CT molecular complexity index is 2790. The van der Waals surface area contributed by atoms with E-state index in [-0.39, 0.29) is 0 Å². The van der Waals surface area contributed by atoms with Crippen LogP contribution in [0.5, 0.6) is 11.5 Å². The first-order chi connectivity index (χ1) is 25.3. The summed E-state index contributed by atoms with van der Waals surface area (Å²) in [4.78, 5) is 10.1. The molecule has 0 amide bonds. The number of ether oxygens (including phenoxy) is 1. The highest BCUT2D eigenvalue weighted by atomic mass is 16.5. The van der Waals surface area contributed by atoms with E-state index in [1.165, 1.54) is 27.8 Å². The maximum atomic E-state index is 6.53. The molecular weight excluding hydrogens is 625 g/mol. The van der Waals surface area contributed by atoms with Crippen molar-refractivity contribution in [2.75, 3.05) is 0 Å². The summed E-state index contributed by atoms with van der Waals surface area (Å²) >= 11 is 0. The predicted octanol–water partition coefficient (Wildman–Crippen LogP) is 11.8. The second kappa shape index (κ2) is 10.6. The van der Waals surface area contributed by atoms with Crippen LogP contribution in [0, 0.1) is 0 Å². The van der Waals surface area contributed by atoms with Gasteiger partial charge in [0.15, 0.2) is 11.4 Å². The van der Waals surface area contributed by atoms with Crippen molar-refractivity contribution in [3.8, 4) is 56.4 Å². The summed E-state index contributed by atoms with van der Waals surface area (Å²) in [7, 11) is 0. The first-order valence-electron chi connectivity index (χ1n) is 17.2. The zero-order valence-corrected chi connectivity index (χ0v) is 27.4. The standard InChI is InChI=1S/C47H28N2O2/c1-2-13-31(14-3-1)46-48-43(45-44(49-46)34-16-5-9-22-39(34)51-45)30-27-25-29(26-28-30)32-17-12-21-38-42(32)33-15-4-6-18-35(33)47(38)36-19-7-10-23-40(36)50-41-24-11-8-20-37(41)47/h1-28H. The molecule has 0 N–H and O–H groups in total. The van der Waals surface area contributed by atoms with Crippen LogP contribution in [0.3, 0.4) is 0 Å². The second-order valence-electron chi connectivity index (χ2n) is 13.2. The zero-order chi connectivity index (χ0) is 33.5. The van der Waals surface area contributed by atoms with E-state index in [2.05, 4.69) is 121 Å². The smallest absolute Gasteiger partial charge is 0.180 e. The van der Waals surface area contributed by atoms with Crippen molar-refractivity contribution in [3.63, 3.8) is 0 Å². The van der Waals surface area contributed by atoms with Gasteiger partial charge in [-0.2, -0.15) is 0 Å². The van der Waals surface area contributed by atoms with Gasteiger partial charge in [-0.1, -0.05) is 146 Å². The molecule has 1 aliphatic heterocycles. The number of rotatable bonds is 3. The topological polar surface area (TPSA) is 48.2 Å². The normalized spacial score (nSPS) is 13.4. The number of para-hydroxylation sites is 3. The fourth-order valence-electron chi connectivity index (χ4n) is 8.45. The summed E-state index contributed by atoms with van der Waals surface area (Å²) in [6, 6.07) is 59.5. The molecule has 1 aliphatic carbocycles. The van der Waals surface area contributed by atoms with Gasteiger partial charge in [0.2, 0.25) is 0 Å². The Hall–Kier alpha value is -6.78. The molecule has 0 unspecified atom stereocenters. The number of benzene rings is 7. The third-order valence-electron chi connectivity index (χ3n) is 10.6. The summed E-state index contributed by atoms with van der Waals surface area (Å²) in [6.07, 6.45) is 0. The number of hydrogen-bond donors (Lipinski definition) is 0. The molecule has 0 saturated heterocycles. The lowest BCUT2D eigenvalue weighted by molar-refractivity contribution is 0.436. The van der Waals surface area contributed by atoms with Crippen molar-refractivity contribution >= 4 is 22.1 Å². The molecule has 0 saturated carbocycles. The molecule has 9 aromatic rings. The van der Waals surface area contributed by atoms with Crippen molar-refractivity contribution in [2.45, 2.75) is 5.41 Å². The van der Waals surface area contributed by atoms with E-state index >= 15 is 0 Å². The molecule has 238 valence electrons. The van der Waals surface area contributed by atoms with Crippen molar-refractivity contribution in [1.82, 2.24) is 9.97 Å². The number of furan rings is 1. The van der Waals surface area contributed by atoms with E-state index in [4.69, 9.17) is 19.1 Å². The lowest BCUT2D eigenvalue weighted by Gasteiger charge is -2.39. The maximum Gasteiger partial charge on any atom is 0.180 e. The molecule has 11 rings (SSSR count). The summed E-state index contributed by atoms with van der Waals surface area (Å²) in [5.74, 6) is 2.46. The van der Waals surface area contributed by atoms with Gasteiger partial charge in [0.05, 0.1) is 5.41 Å². The summed E-state index contributed by atoms with van der Waals surface area (Å²) in [6.45, 7) is 0. The number of nitrogens with zero attached hydrogens (tertiary/aromatic N) is 2. The largest absolute Gasteiger partial charge is 0.457 e. The first kappa shape index (κ1) is 28.1. The Balaban J connectivity index is 1.11. The number of hydrogen-bond acceptors (Lipinski definition) is 4. The van der Waals surface area contributed by atoms with Crippen molar-refractivity contribution in [2.24, 2.45) is 0 Å². The number of fused-ring (bicyclic) bond motifs is 12. The monoisotopic (exact) mass is 652 g/mol. The first-order valence-corrected chi connectivity index (χ1v) is 17.2. The average Bonchev–Trinajstić information content (AvgIpc) is 3.72. The average molecular weight is 653 g/mol. The molecule has 3 heterocycles. The Kier molecular flexibility index (Phi) is 5.84. The highest BCUT2D eigenvalue weighted by Crippen LogP contribution is 2.63.